The van der Waals surface area contributed by atoms with Crippen LogP contribution in [0.25, 0.3) is 0 Å². The molecule has 1 fully saturated rings. The second kappa shape index (κ2) is 3.38. The van der Waals surface area contributed by atoms with Gasteiger partial charge in [0.05, 0.1) is 0 Å². The first-order valence-corrected chi connectivity index (χ1v) is 4.40. The molecule has 60 valence electrons. The molecule has 1 aliphatic rings. The zero-order chi connectivity index (χ0) is 7.56. The van der Waals surface area contributed by atoms with E-state index in [2.05, 4.69) is 25.8 Å². The summed E-state index contributed by atoms with van der Waals surface area (Å²) in [5, 5.41) is 0. The van der Waals surface area contributed by atoms with E-state index >= 15 is 0 Å². The van der Waals surface area contributed by atoms with Crippen molar-refractivity contribution in [1.29, 1.82) is 0 Å². The van der Waals surface area contributed by atoms with Gasteiger partial charge in [-0.25, -0.2) is 0 Å². The molecule has 0 aromatic heterocycles. The summed E-state index contributed by atoms with van der Waals surface area (Å²) >= 11 is 0. The smallest absolute Gasteiger partial charge is 0.00639 e. The highest BCUT2D eigenvalue weighted by Gasteiger charge is 2.15. The van der Waals surface area contributed by atoms with Crippen LogP contribution in [0, 0.1) is 5.92 Å². The van der Waals surface area contributed by atoms with Gasteiger partial charge in [-0.2, -0.15) is 0 Å². The lowest BCUT2D eigenvalue weighted by atomic mass is 10.0. The fourth-order valence-corrected chi connectivity index (χ4v) is 1.53. The molecule has 0 N–H and O–H groups in total. The average molecular weight is 141 g/mol. The second-order valence-corrected chi connectivity index (χ2v) is 3.80. The topological polar surface area (TPSA) is 3.24 Å². The molecule has 1 rings (SSSR count). The van der Waals surface area contributed by atoms with E-state index in [4.69, 9.17) is 0 Å². The van der Waals surface area contributed by atoms with Crippen molar-refractivity contribution < 1.29 is 0 Å². The van der Waals surface area contributed by atoms with E-state index in [1.807, 2.05) is 0 Å². The third kappa shape index (κ3) is 1.98. The van der Waals surface area contributed by atoms with E-state index in [9.17, 15) is 0 Å². The maximum Gasteiger partial charge on any atom is 0.00639 e. The van der Waals surface area contributed by atoms with Gasteiger partial charge in [0.1, 0.15) is 0 Å². The van der Waals surface area contributed by atoms with Crippen LogP contribution in [0.4, 0.5) is 0 Å². The highest BCUT2D eigenvalue weighted by molar-refractivity contribution is 4.70. The molecule has 1 heterocycles. The first kappa shape index (κ1) is 8.06. The summed E-state index contributed by atoms with van der Waals surface area (Å²) in [6.07, 6.45) is 4.20. The Hall–Kier alpha value is -0.0400. The lowest BCUT2D eigenvalue weighted by molar-refractivity contribution is 0.263. The Bertz CT molecular complexity index is 88.9. The van der Waals surface area contributed by atoms with Gasteiger partial charge >= 0.3 is 0 Å². The largest absolute Gasteiger partial charge is 0.304 e. The number of likely N-dealkylation sites (tertiary alicyclic amines) is 1. The predicted molar refractivity (Wildman–Crippen MR) is 45.1 cm³/mol. The summed E-state index contributed by atoms with van der Waals surface area (Å²) < 4.78 is 0. The first-order chi connectivity index (χ1) is 4.70. The Balaban J connectivity index is 2.38. The van der Waals surface area contributed by atoms with E-state index < -0.39 is 0 Å². The standard InChI is InChI=1S/C9H19N/c1-8-4-5-9(2)10(3)7-6-8/h8-9H,4-7H2,1-3H3/t8-,9?/m0/s1. The molecule has 1 heteroatoms. The maximum atomic E-state index is 2.48. The normalized spacial score (nSPS) is 37.5. The van der Waals surface area contributed by atoms with Crippen LogP contribution >= 0.6 is 0 Å². The fourth-order valence-electron chi connectivity index (χ4n) is 1.53. The zero-order valence-corrected chi connectivity index (χ0v) is 7.43. The van der Waals surface area contributed by atoms with E-state index in [0.717, 1.165) is 12.0 Å². The number of hydrogen-bond donors (Lipinski definition) is 0. The van der Waals surface area contributed by atoms with Crippen LogP contribution in [0.3, 0.4) is 0 Å². The Morgan fingerprint density at radius 2 is 1.80 bits per heavy atom. The third-order valence-corrected chi connectivity index (χ3v) is 2.80. The molecule has 1 nitrogen and oxygen atoms in total. The van der Waals surface area contributed by atoms with Crippen molar-refractivity contribution in [1.82, 2.24) is 4.90 Å². The minimum Gasteiger partial charge on any atom is -0.304 e. The van der Waals surface area contributed by atoms with Crippen LogP contribution in [-0.4, -0.2) is 24.5 Å². The average Bonchev–Trinajstić information content (AvgIpc) is 2.04. The Morgan fingerprint density at radius 1 is 1.10 bits per heavy atom. The quantitative estimate of drug-likeness (QED) is 0.499. The lowest BCUT2D eigenvalue weighted by Crippen LogP contribution is -2.27. The van der Waals surface area contributed by atoms with Gasteiger partial charge < -0.3 is 4.90 Å². The monoisotopic (exact) mass is 141 g/mol. The van der Waals surface area contributed by atoms with E-state index in [-0.39, 0.29) is 0 Å². The van der Waals surface area contributed by atoms with Crippen molar-refractivity contribution >= 4 is 0 Å². The molecule has 0 aromatic carbocycles. The second-order valence-electron chi connectivity index (χ2n) is 3.80. The van der Waals surface area contributed by atoms with Crippen molar-refractivity contribution in [3.8, 4) is 0 Å². The molecule has 2 atom stereocenters. The van der Waals surface area contributed by atoms with Crippen LogP contribution in [0.15, 0.2) is 0 Å². The minimum atomic E-state index is 0.810. The van der Waals surface area contributed by atoms with Gasteiger partial charge in [0.15, 0.2) is 0 Å². The summed E-state index contributed by atoms with van der Waals surface area (Å²) in [5.41, 5.74) is 0. The van der Waals surface area contributed by atoms with Crippen molar-refractivity contribution in [2.24, 2.45) is 5.92 Å². The van der Waals surface area contributed by atoms with E-state index in [1.165, 1.54) is 25.8 Å². The number of hydrogen-bond acceptors (Lipinski definition) is 1. The van der Waals surface area contributed by atoms with Gasteiger partial charge in [0.2, 0.25) is 0 Å². The molecule has 1 saturated heterocycles. The summed E-state index contributed by atoms with van der Waals surface area (Å²) in [6.45, 7) is 5.99. The highest BCUT2D eigenvalue weighted by Crippen LogP contribution is 2.19. The Labute approximate surface area is 64.4 Å². The van der Waals surface area contributed by atoms with Gasteiger partial charge in [-0.3, -0.25) is 0 Å². The minimum absolute atomic E-state index is 0.810. The first-order valence-electron chi connectivity index (χ1n) is 4.40. The maximum absolute atomic E-state index is 2.48. The molecule has 0 aliphatic carbocycles. The van der Waals surface area contributed by atoms with Gasteiger partial charge in [-0.05, 0) is 45.7 Å². The third-order valence-electron chi connectivity index (χ3n) is 2.80. The van der Waals surface area contributed by atoms with Crippen LogP contribution < -0.4 is 0 Å². The molecule has 0 radical (unpaired) electrons. The van der Waals surface area contributed by atoms with Crippen molar-refractivity contribution in [3.05, 3.63) is 0 Å². The molecular formula is C9H19N. The van der Waals surface area contributed by atoms with Gasteiger partial charge in [-0.15, -0.1) is 0 Å². The van der Waals surface area contributed by atoms with Gasteiger partial charge in [0.25, 0.3) is 0 Å². The van der Waals surface area contributed by atoms with Crippen LogP contribution in [-0.2, 0) is 0 Å². The van der Waals surface area contributed by atoms with Crippen molar-refractivity contribution in [3.63, 3.8) is 0 Å². The molecular weight excluding hydrogens is 122 g/mol. The summed E-state index contributed by atoms with van der Waals surface area (Å²) in [4.78, 5) is 2.48. The molecule has 0 spiro atoms. The lowest BCUT2D eigenvalue weighted by Gasteiger charge is -2.20. The molecule has 1 aliphatic heterocycles. The van der Waals surface area contributed by atoms with E-state index in [1.54, 1.807) is 0 Å². The molecule has 1 unspecified atom stereocenters. The molecule has 0 saturated carbocycles. The SMILES string of the molecule is CC1CC[C@H](C)CCN1C. The van der Waals surface area contributed by atoms with Crippen LogP contribution in [0.1, 0.15) is 33.1 Å². The van der Waals surface area contributed by atoms with Gasteiger partial charge in [-0.1, -0.05) is 6.92 Å². The summed E-state index contributed by atoms with van der Waals surface area (Å²) in [6, 6.07) is 0.810. The Morgan fingerprint density at radius 3 is 2.50 bits per heavy atom. The van der Waals surface area contributed by atoms with Gasteiger partial charge in [0, 0.05) is 6.04 Å². The van der Waals surface area contributed by atoms with Crippen LogP contribution in [0.2, 0.25) is 0 Å². The number of nitrogens with zero attached hydrogens (tertiary/aromatic N) is 1. The predicted octanol–water partition coefficient (Wildman–Crippen LogP) is 2.13. The number of rotatable bonds is 0. The summed E-state index contributed by atoms with van der Waals surface area (Å²) in [7, 11) is 2.24. The Kier molecular flexibility index (Phi) is 2.72. The molecule has 10 heavy (non-hydrogen) atoms. The molecule has 0 amide bonds. The zero-order valence-electron chi connectivity index (χ0n) is 7.43. The molecule has 0 aromatic rings. The summed E-state index contributed by atoms with van der Waals surface area (Å²) in [5.74, 6) is 0.951. The van der Waals surface area contributed by atoms with Crippen molar-refractivity contribution in [2.75, 3.05) is 13.6 Å². The highest BCUT2D eigenvalue weighted by atomic mass is 15.1. The molecule has 0 bridgehead atoms. The van der Waals surface area contributed by atoms with Crippen molar-refractivity contribution in [2.45, 2.75) is 39.2 Å². The van der Waals surface area contributed by atoms with Crippen LogP contribution in [0.5, 0.6) is 0 Å². The van der Waals surface area contributed by atoms with E-state index in [0.29, 0.717) is 0 Å². The fraction of sp³-hybridized carbons (Fsp3) is 1.00.